The van der Waals surface area contributed by atoms with Gasteiger partial charge in [-0.2, -0.15) is 5.10 Å². The Balaban J connectivity index is 1.73. The van der Waals surface area contributed by atoms with Gasteiger partial charge in [0.2, 0.25) is 0 Å². The molecule has 0 fully saturated rings. The van der Waals surface area contributed by atoms with Gasteiger partial charge in [-0.3, -0.25) is 9.97 Å². The minimum Gasteiger partial charge on any atom is -0.322 e. The molecule has 0 saturated heterocycles. The molecule has 4 rings (SSSR count). The zero-order valence-corrected chi connectivity index (χ0v) is 14.3. The lowest BCUT2D eigenvalue weighted by Crippen LogP contribution is -2.19. The van der Waals surface area contributed by atoms with Crippen molar-refractivity contribution in [1.82, 2.24) is 19.7 Å². The molecule has 26 heavy (non-hydrogen) atoms. The fourth-order valence-electron chi connectivity index (χ4n) is 3.12. The van der Waals surface area contributed by atoms with Crippen LogP contribution in [0.25, 0.3) is 16.6 Å². The van der Waals surface area contributed by atoms with E-state index in [1.807, 2.05) is 54.2 Å². The normalized spacial score (nSPS) is 12.4. The van der Waals surface area contributed by atoms with E-state index in [1.54, 1.807) is 6.20 Å². The van der Waals surface area contributed by atoms with Crippen LogP contribution in [-0.2, 0) is 6.42 Å². The highest BCUT2D eigenvalue weighted by molar-refractivity contribution is 5.80. The van der Waals surface area contributed by atoms with Crippen molar-refractivity contribution in [2.45, 2.75) is 19.4 Å². The summed E-state index contributed by atoms with van der Waals surface area (Å²) < 4.78 is 15.1. The lowest BCUT2D eigenvalue weighted by Gasteiger charge is -2.16. The molecule has 3 heterocycles. The standard InChI is InChI=1S/C20H18FN5/c1-13-9-15(21)12-24-17(13)10-16(22)20-19(7-4-8-23-20)26-18-6-3-2-5-14(18)11-25-26/h2-9,11-12,16H,10,22H2,1H3/t16-/m0/s1. The van der Waals surface area contributed by atoms with E-state index in [9.17, 15) is 4.39 Å². The summed E-state index contributed by atoms with van der Waals surface area (Å²) in [6.45, 7) is 1.83. The second kappa shape index (κ2) is 6.65. The molecule has 0 bridgehead atoms. The summed E-state index contributed by atoms with van der Waals surface area (Å²) in [5.41, 5.74) is 10.5. The molecule has 0 saturated carbocycles. The summed E-state index contributed by atoms with van der Waals surface area (Å²) in [4.78, 5) is 8.68. The Labute approximate surface area is 150 Å². The molecule has 6 heteroatoms. The van der Waals surface area contributed by atoms with E-state index in [0.717, 1.165) is 33.5 Å². The number of benzene rings is 1. The Morgan fingerprint density at radius 1 is 1.12 bits per heavy atom. The summed E-state index contributed by atoms with van der Waals surface area (Å²) in [7, 11) is 0. The molecule has 0 aliphatic rings. The van der Waals surface area contributed by atoms with Crippen molar-refractivity contribution in [3.8, 4) is 5.69 Å². The predicted octanol–water partition coefficient (Wildman–Crippen LogP) is 3.51. The second-order valence-electron chi connectivity index (χ2n) is 6.25. The van der Waals surface area contributed by atoms with Crippen LogP contribution < -0.4 is 5.73 Å². The summed E-state index contributed by atoms with van der Waals surface area (Å²) in [5.74, 6) is -0.346. The topological polar surface area (TPSA) is 69.6 Å². The average Bonchev–Trinajstić information content (AvgIpc) is 3.08. The summed E-state index contributed by atoms with van der Waals surface area (Å²) >= 11 is 0. The Bertz CT molecular complexity index is 1070. The van der Waals surface area contributed by atoms with Gasteiger partial charge in [-0.25, -0.2) is 9.07 Å². The Morgan fingerprint density at radius 2 is 1.96 bits per heavy atom. The number of para-hydroxylation sites is 1. The maximum Gasteiger partial charge on any atom is 0.141 e. The number of halogens is 1. The molecule has 0 aliphatic heterocycles. The van der Waals surface area contributed by atoms with Gasteiger partial charge in [-0.15, -0.1) is 0 Å². The predicted molar refractivity (Wildman–Crippen MR) is 98.4 cm³/mol. The molecule has 0 radical (unpaired) electrons. The van der Waals surface area contributed by atoms with Crippen molar-refractivity contribution < 1.29 is 4.39 Å². The highest BCUT2D eigenvalue weighted by atomic mass is 19.1. The van der Waals surface area contributed by atoms with E-state index in [-0.39, 0.29) is 11.9 Å². The van der Waals surface area contributed by atoms with Crippen LogP contribution in [-0.4, -0.2) is 19.7 Å². The van der Waals surface area contributed by atoms with E-state index in [0.29, 0.717) is 6.42 Å². The van der Waals surface area contributed by atoms with Crippen LogP contribution >= 0.6 is 0 Å². The number of nitrogens with zero attached hydrogens (tertiary/aromatic N) is 4. The van der Waals surface area contributed by atoms with Crippen molar-refractivity contribution in [3.63, 3.8) is 0 Å². The van der Waals surface area contributed by atoms with Crippen LogP contribution in [0.4, 0.5) is 4.39 Å². The van der Waals surface area contributed by atoms with Crippen LogP contribution in [0.1, 0.15) is 23.0 Å². The molecule has 0 unspecified atom stereocenters. The van der Waals surface area contributed by atoms with Gasteiger partial charge >= 0.3 is 0 Å². The second-order valence-corrected chi connectivity index (χ2v) is 6.25. The number of hydrogen-bond acceptors (Lipinski definition) is 4. The Morgan fingerprint density at radius 3 is 2.81 bits per heavy atom. The molecule has 0 aliphatic carbocycles. The molecule has 1 aromatic carbocycles. The third kappa shape index (κ3) is 2.95. The molecular formula is C20H18FN5. The third-order valence-electron chi connectivity index (χ3n) is 4.44. The highest BCUT2D eigenvalue weighted by Crippen LogP contribution is 2.24. The summed E-state index contributed by atoms with van der Waals surface area (Å²) in [6.07, 6.45) is 5.23. The first-order chi connectivity index (χ1) is 12.6. The van der Waals surface area contributed by atoms with Crippen molar-refractivity contribution in [2.24, 2.45) is 5.73 Å². The van der Waals surface area contributed by atoms with Crippen LogP contribution in [0.5, 0.6) is 0 Å². The lowest BCUT2D eigenvalue weighted by atomic mass is 10.0. The summed E-state index contributed by atoms with van der Waals surface area (Å²) in [6, 6.07) is 12.9. The van der Waals surface area contributed by atoms with Gasteiger partial charge in [0.15, 0.2) is 0 Å². The van der Waals surface area contributed by atoms with E-state index >= 15 is 0 Å². The van der Waals surface area contributed by atoms with E-state index < -0.39 is 0 Å². The molecule has 130 valence electrons. The van der Waals surface area contributed by atoms with Gasteiger partial charge in [-0.05, 0) is 36.8 Å². The van der Waals surface area contributed by atoms with Crippen molar-refractivity contribution in [1.29, 1.82) is 0 Å². The number of hydrogen-bond donors (Lipinski definition) is 1. The fraction of sp³-hybridized carbons (Fsp3) is 0.150. The fourth-order valence-corrected chi connectivity index (χ4v) is 3.12. The van der Waals surface area contributed by atoms with Crippen molar-refractivity contribution in [3.05, 3.63) is 83.8 Å². The SMILES string of the molecule is Cc1cc(F)cnc1C[C@H](N)c1ncccc1-n1ncc2ccccc21. The zero-order valence-electron chi connectivity index (χ0n) is 14.3. The molecule has 1 atom stereocenters. The van der Waals surface area contributed by atoms with Crippen LogP contribution in [0.2, 0.25) is 0 Å². The first-order valence-electron chi connectivity index (χ1n) is 8.38. The first kappa shape index (κ1) is 16.4. The van der Waals surface area contributed by atoms with Crippen LogP contribution in [0.15, 0.2) is 61.1 Å². The molecule has 4 aromatic rings. The first-order valence-corrected chi connectivity index (χ1v) is 8.38. The lowest BCUT2D eigenvalue weighted by molar-refractivity contribution is 0.611. The maximum absolute atomic E-state index is 13.3. The van der Waals surface area contributed by atoms with E-state index in [1.165, 1.54) is 12.3 Å². The third-order valence-corrected chi connectivity index (χ3v) is 4.44. The molecule has 5 nitrogen and oxygen atoms in total. The number of aryl methyl sites for hydroxylation is 1. The molecule has 2 N–H and O–H groups in total. The van der Waals surface area contributed by atoms with Crippen molar-refractivity contribution >= 4 is 10.9 Å². The highest BCUT2D eigenvalue weighted by Gasteiger charge is 2.18. The van der Waals surface area contributed by atoms with Crippen molar-refractivity contribution in [2.75, 3.05) is 0 Å². The number of rotatable bonds is 4. The number of aromatic nitrogens is 4. The average molecular weight is 347 g/mol. The number of pyridine rings is 2. The Hall–Kier alpha value is -3.12. The molecule has 0 spiro atoms. The largest absolute Gasteiger partial charge is 0.322 e. The minimum atomic E-state index is -0.383. The smallest absolute Gasteiger partial charge is 0.141 e. The molecular weight excluding hydrogens is 329 g/mol. The minimum absolute atomic E-state index is 0.346. The van der Waals surface area contributed by atoms with E-state index in [4.69, 9.17) is 5.73 Å². The molecule has 0 amide bonds. The van der Waals surface area contributed by atoms with Crippen LogP contribution in [0.3, 0.4) is 0 Å². The summed E-state index contributed by atoms with van der Waals surface area (Å²) in [5, 5.41) is 5.55. The van der Waals surface area contributed by atoms with E-state index in [2.05, 4.69) is 15.1 Å². The van der Waals surface area contributed by atoms with Gasteiger partial charge < -0.3 is 5.73 Å². The maximum atomic E-state index is 13.3. The zero-order chi connectivity index (χ0) is 18.1. The monoisotopic (exact) mass is 347 g/mol. The Kier molecular flexibility index (Phi) is 4.18. The quantitative estimate of drug-likeness (QED) is 0.613. The van der Waals surface area contributed by atoms with Crippen LogP contribution in [0, 0.1) is 12.7 Å². The number of nitrogens with two attached hydrogens (primary N) is 1. The molecule has 3 aromatic heterocycles. The van der Waals surface area contributed by atoms with Gasteiger partial charge in [0, 0.05) is 23.7 Å². The van der Waals surface area contributed by atoms with Gasteiger partial charge in [-0.1, -0.05) is 18.2 Å². The van der Waals surface area contributed by atoms with Gasteiger partial charge in [0.05, 0.1) is 35.3 Å². The van der Waals surface area contributed by atoms with Gasteiger partial charge in [0.25, 0.3) is 0 Å². The van der Waals surface area contributed by atoms with Gasteiger partial charge in [0.1, 0.15) is 5.82 Å². The number of fused-ring (bicyclic) bond motifs is 1.